The van der Waals surface area contributed by atoms with Crippen LogP contribution in [0, 0.1) is 0 Å². The summed E-state index contributed by atoms with van der Waals surface area (Å²) in [7, 11) is -2.20. The van der Waals surface area contributed by atoms with Crippen LogP contribution in [0.1, 0.15) is 43.6 Å². The minimum absolute atomic E-state index is 0.0209. The first kappa shape index (κ1) is 23.1. The minimum atomic E-state index is -1.10. The molecule has 0 amide bonds. The number of rotatable bonds is 12. The lowest BCUT2D eigenvalue weighted by Crippen LogP contribution is -2.10. The molecule has 2 rings (SSSR count). The molecule has 7 heteroatoms. The first-order valence-corrected chi connectivity index (χ1v) is 11.9. The molecule has 0 aromatic heterocycles. The molecule has 0 spiro atoms. The Hall–Kier alpha value is -1.19. The van der Waals surface area contributed by atoms with Crippen LogP contribution in [0.3, 0.4) is 0 Å². The van der Waals surface area contributed by atoms with Crippen LogP contribution < -0.4 is 10.6 Å². The molecule has 0 heterocycles. The minimum Gasteiger partial charge on any atom is -0.331 e. The van der Waals surface area contributed by atoms with Crippen molar-refractivity contribution in [2.45, 2.75) is 27.7 Å². The van der Waals surface area contributed by atoms with Crippen LogP contribution in [0.4, 0.5) is 0 Å². The summed E-state index contributed by atoms with van der Waals surface area (Å²) in [6, 6.07) is 14.9. The SMILES string of the molecule is CCOP(OCC)c1ccc(C(=O)c2ccc(P(OCC)OCC)cc2)cc1. The monoisotopic (exact) mass is 422 g/mol. The Morgan fingerprint density at radius 1 is 0.607 bits per heavy atom. The smallest absolute Gasteiger partial charge is 0.205 e. The summed E-state index contributed by atoms with van der Waals surface area (Å²) in [6.45, 7) is 10.1. The number of carbonyl (C=O) groups excluding carboxylic acids is 1. The van der Waals surface area contributed by atoms with Crippen molar-refractivity contribution in [1.29, 1.82) is 0 Å². The molecule has 0 fully saturated rings. The van der Waals surface area contributed by atoms with E-state index in [9.17, 15) is 4.79 Å². The number of hydrogen-bond acceptors (Lipinski definition) is 5. The number of hydrogen-bond donors (Lipinski definition) is 0. The molecule has 0 N–H and O–H groups in total. The molecule has 152 valence electrons. The molecule has 0 saturated heterocycles. The molecule has 0 radical (unpaired) electrons. The second-order valence-corrected chi connectivity index (χ2v) is 8.70. The zero-order valence-corrected chi connectivity index (χ0v) is 18.7. The van der Waals surface area contributed by atoms with Crippen molar-refractivity contribution in [3.05, 3.63) is 59.7 Å². The normalized spacial score (nSPS) is 11.4. The summed E-state index contributed by atoms with van der Waals surface area (Å²) in [4.78, 5) is 12.8. The third-order valence-electron chi connectivity index (χ3n) is 3.67. The van der Waals surface area contributed by atoms with E-state index in [1.54, 1.807) is 0 Å². The molecule has 2 aromatic rings. The van der Waals surface area contributed by atoms with Crippen LogP contribution in [0.25, 0.3) is 0 Å². The maximum absolute atomic E-state index is 12.8. The summed E-state index contributed by atoms with van der Waals surface area (Å²) in [6.07, 6.45) is 0. The molecule has 2 aromatic carbocycles. The van der Waals surface area contributed by atoms with Crippen molar-refractivity contribution in [3.8, 4) is 0 Å². The molecular formula is C21H28O5P2. The molecule has 5 nitrogen and oxygen atoms in total. The highest BCUT2D eigenvalue weighted by Crippen LogP contribution is 2.37. The van der Waals surface area contributed by atoms with Crippen LogP contribution in [0.15, 0.2) is 48.5 Å². The van der Waals surface area contributed by atoms with Crippen molar-refractivity contribution in [2.75, 3.05) is 26.4 Å². The van der Waals surface area contributed by atoms with Gasteiger partial charge < -0.3 is 18.1 Å². The number of carbonyl (C=O) groups is 1. The molecule has 28 heavy (non-hydrogen) atoms. The van der Waals surface area contributed by atoms with Gasteiger partial charge in [0.15, 0.2) is 5.78 Å². The Bertz CT molecular complexity index is 645. The molecular weight excluding hydrogens is 394 g/mol. The van der Waals surface area contributed by atoms with E-state index in [0.717, 1.165) is 10.6 Å². The Balaban J connectivity index is 2.12. The lowest BCUT2D eigenvalue weighted by molar-refractivity contribution is 0.103. The van der Waals surface area contributed by atoms with Crippen LogP contribution in [0.5, 0.6) is 0 Å². The van der Waals surface area contributed by atoms with E-state index >= 15 is 0 Å². The average Bonchev–Trinajstić information content (AvgIpc) is 2.73. The standard InChI is InChI=1S/C21H28O5P2/c1-5-23-27(24-6-2)19-13-9-17(10-14-19)21(22)18-11-15-20(16-12-18)28(25-7-3)26-8-4/h9-16H,5-8H2,1-4H3. The van der Waals surface area contributed by atoms with Crippen LogP contribution in [0.2, 0.25) is 0 Å². The predicted octanol–water partition coefficient (Wildman–Crippen LogP) is 4.94. The zero-order valence-electron chi connectivity index (χ0n) is 16.9. The van der Waals surface area contributed by atoms with Gasteiger partial charge in [-0.25, -0.2) is 0 Å². The maximum atomic E-state index is 12.8. The molecule has 0 saturated carbocycles. The second-order valence-electron chi connectivity index (χ2n) is 5.61. The van der Waals surface area contributed by atoms with Gasteiger partial charge in [0.05, 0.1) is 26.4 Å². The fourth-order valence-corrected chi connectivity index (χ4v) is 4.95. The van der Waals surface area contributed by atoms with Crippen molar-refractivity contribution in [3.63, 3.8) is 0 Å². The molecule has 0 aliphatic rings. The molecule has 0 atom stereocenters. The van der Waals surface area contributed by atoms with Gasteiger partial charge in [-0.05, 0) is 52.0 Å². The fourth-order valence-electron chi connectivity index (χ4n) is 2.48. The van der Waals surface area contributed by atoms with Crippen LogP contribution in [-0.2, 0) is 18.1 Å². The molecule has 0 unspecified atom stereocenters. The Morgan fingerprint density at radius 3 is 1.14 bits per heavy atom. The van der Waals surface area contributed by atoms with Gasteiger partial charge in [0.2, 0.25) is 16.8 Å². The van der Waals surface area contributed by atoms with Crippen molar-refractivity contribution in [1.82, 2.24) is 0 Å². The highest BCUT2D eigenvalue weighted by atomic mass is 31.2. The third kappa shape index (κ3) is 6.42. The number of ketones is 1. The Kier molecular flexibility index (Phi) is 10.2. The first-order chi connectivity index (χ1) is 13.6. The average molecular weight is 422 g/mol. The topological polar surface area (TPSA) is 54.0 Å². The van der Waals surface area contributed by atoms with E-state index in [1.807, 2.05) is 76.2 Å². The third-order valence-corrected chi connectivity index (χ3v) is 7.08. The van der Waals surface area contributed by atoms with Gasteiger partial charge in [0.25, 0.3) is 0 Å². The summed E-state index contributed by atoms with van der Waals surface area (Å²) >= 11 is 0. The lowest BCUT2D eigenvalue weighted by Gasteiger charge is -2.16. The van der Waals surface area contributed by atoms with Gasteiger partial charge in [-0.1, -0.05) is 24.3 Å². The molecule has 0 aliphatic heterocycles. The highest BCUT2D eigenvalue weighted by Gasteiger charge is 2.16. The van der Waals surface area contributed by atoms with E-state index in [4.69, 9.17) is 18.1 Å². The van der Waals surface area contributed by atoms with E-state index in [0.29, 0.717) is 37.6 Å². The van der Waals surface area contributed by atoms with Gasteiger partial charge in [0.1, 0.15) is 0 Å². The summed E-state index contributed by atoms with van der Waals surface area (Å²) in [5.41, 5.74) is 1.27. The fraction of sp³-hybridized carbons (Fsp3) is 0.381. The van der Waals surface area contributed by atoms with Crippen molar-refractivity contribution >= 4 is 33.1 Å². The second kappa shape index (κ2) is 12.4. The quantitative estimate of drug-likeness (QED) is 0.358. The zero-order chi connectivity index (χ0) is 20.4. The summed E-state index contributed by atoms with van der Waals surface area (Å²) < 4.78 is 22.7. The summed E-state index contributed by atoms with van der Waals surface area (Å²) in [5.74, 6) is -0.0209. The Morgan fingerprint density at radius 2 is 0.893 bits per heavy atom. The first-order valence-electron chi connectivity index (χ1n) is 9.51. The maximum Gasteiger partial charge on any atom is 0.205 e. The molecule has 0 aliphatic carbocycles. The summed E-state index contributed by atoms with van der Waals surface area (Å²) in [5, 5.41) is 1.93. The Labute approximate surface area is 170 Å². The van der Waals surface area contributed by atoms with Crippen molar-refractivity contribution < 1.29 is 22.9 Å². The largest absolute Gasteiger partial charge is 0.331 e. The van der Waals surface area contributed by atoms with Gasteiger partial charge >= 0.3 is 0 Å². The van der Waals surface area contributed by atoms with Crippen LogP contribution in [-0.4, -0.2) is 32.2 Å². The van der Waals surface area contributed by atoms with E-state index in [2.05, 4.69) is 0 Å². The van der Waals surface area contributed by atoms with Crippen LogP contribution >= 0.6 is 16.8 Å². The van der Waals surface area contributed by atoms with E-state index < -0.39 is 16.8 Å². The molecule has 0 bridgehead atoms. The highest BCUT2D eigenvalue weighted by molar-refractivity contribution is 7.56. The van der Waals surface area contributed by atoms with E-state index in [1.165, 1.54) is 0 Å². The van der Waals surface area contributed by atoms with E-state index in [-0.39, 0.29) is 5.78 Å². The van der Waals surface area contributed by atoms with Crippen molar-refractivity contribution in [2.24, 2.45) is 0 Å². The number of benzene rings is 2. The van der Waals surface area contributed by atoms with Gasteiger partial charge in [-0.3, -0.25) is 4.79 Å². The predicted molar refractivity (Wildman–Crippen MR) is 116 cm³/mol. The van der Waals surface area contributed by atoms with Gasteiger partial charge in [-0.15, -0.1) is 0 Å². The van der Waals surface area contributed by atoms with Gasteiger partial charge in [-0.2, -0.15) is 0 Å². The van der Waals surface area contributed by atoms with Gasteiger partial charge in [0, 0.05) is 21.7 Å². The lowest BCUT2D eigenvalue weighted by atomic mass is 10.0.